The maximum Gasteiger partial charge on any atom is 0.0687 e. The van der Waals surface area contributed by atoms with Gasteiger partial charge in [0.1, 0.15) is 0 Å². The zero-order valence-electron chi connectivity index (χ0n) is 12.2. The van der Waals surface area contributed by atoms with Gasteiger partial charge in [0.05, 0.1) is 6.04 Å². The summed E-state index contributed by atoms with van der Waals surface area (Å²) in [5.74, 6) is 0. The van der Waals surface area contributed by atoms with E-state index in [2.05, 4.69) is 70.1 Å². The lowest BCUT2D eigenvalue weighted by atomic mass is 10.0. The van der Waals surface area contributed by atoms with Crippen molar-refractivity contribution in [2.24, 2.45) is 0 Å². The number of fused-ring (bicyclic) bond motifs is 1. The third kappa shape index (κ3) is 2.95. The number of hydrogen-bond donors (Lipinski definition) is 1. The van der Waals surface area contributed by atoms with Crippen molar-refractivity contribution in [2.45, 2.75) is 26.3 Å². The molecule has 2 heterocycles. The first kappa shape index (κ1) is 15.2. The largest absolute Gasteiger partial charge is 0.306 e. The number of nitrogens with one attached hydrogen (secondary N) is 1. The molecule has 0 saturated heterocycles. The number of hydrogen-bond acceptors (Lipinski definition) is 3. The van der Waals surface area contributed by atoms with Crippen molar-refractivity contribution in [3.63, 3.8) is 0 Å². The molecule has 1 nitrogen and oxygen atoms in total. The van der Waals surface area contributed by atoms with E-state index in [-0.39, 0.29) is 0 Å². The summed E-state index contributed by atoms with van der Waals surface area (Å²) in [6, 6.07) is 8.99. The Balaban J connectivity index is 2.10. The van der Waals surface area contributed by atoms with E-state index in [9.17, 15) is 0 Å². The summed E-state index contributed by atoms with van der Waals surface area (Å²) in [5, 5.41) is 9.58. The smallest absolute Gasteiger partial charge is 0.0687 e. The quantitative estimate of drug-likeness (QED) is 0.562. The fourth-order valence-electron chi connectivity index (χ4n) is 2.58. The van der Waals surface area contributed by atoms with Gasteiger partial charge in [0.15, 0.2) is 0 Å². The maximum atomic E-state index is 3.73. The van der Waals surface area contributed by atoms with Crippen LogP contribution in [0.1, 0.15) is 35.4 Å². The van der Waals surface area contributed by atoms with Gasteiger partial charge in [-0.2, -0.15) is 0 Å². The van der Waals surface area contributed by atoms with Crippen molar-refractivity contribution in [2.75, 3.05) is 6.54 Å². The van der Waals surface area contributed by atoms with Crippen LogP contribution in [0.4, 0.5) is 0 Å². The molecule has 3 rings (SSSR count). The summed E-state index contributed by atoms with van der Waals surface area (Å²) >= 11 is 7.34. The van der Waals surface area contributed by atoms with Gasteiger partial charge >= 0.3 is 0 Å². The van der Waals surface area contributed by atoms with Gasteiger partial charge in [0.2, 0.25) is 0 Å². The van der Waals surface area contributed by atoms with Gasteiger partial charge in [-0.15, -0.1) is 22.7 Å². The van der Waals surface area contributed by atoms with Crippen LogP contribution in [0.2, 0.25) is 0 Å². The molecule has 0 aliphatic rings. The molecular formula is C17H18BrNS2. The molecule has 0 saturated carbocycles. The third-order valence-electron chi connectivity index (χ3n) is 3.66. The number of aryl methyl sites for hydroxylation is 1. The van der Waals surface area contributed by atoms with Crippen LogP contribution in [0.3, 0.4) is 0 Å². The van der Waals surface area contributed by atoms with Crippen LogP contribution in [0, 0.1) is 6.92 Å². The molecule has 1 atom stereocenters. The second-order valence-corrected chi connectivity index (χ2v) is 7.84. The zero-order valence-corrected chi connectivity index (χ0v) is 15.4. The van der Waals surface area contributed by atoms with Crippen LogP contribution >= 0.6 is 38.6 Å². The second-order valence-electron chi connectivity index (χ2n) is 5.16. The lowest BCUT2D eigenvalue weighted by Gasteiger charge is -2.18. The molecule has 1 unspecified atom stereocenters. The summed E-state index contributed by atoms with van der Waals surface area (Å²) in [6.07, 6.45) is 1.15. The number of rotatable bonds is 5. The predicted molar refractivity (Wildman–Crippen MR) is 98.7 cm³/mol. The Morgan fingerprint density at radius 3 is 2.81 bits per heavy atom. The van der Waals surface area contributed by atoms with Crippen LogP contribution in [-0.4, -0.2) is 6.54 Å². The van der Waals surface area contributed by atoms with Crippen LogP contribution in [0.25, 0.3) is 10.1 Å². The van der Waals surface area contributed by atoms with Crippen molar-refractivity contribution in [1.82, 2.24) is 5.32 Å². The Morgan fingerprint density at radius 1 is 1.24 bits per heavy atom. The molecule has 21 heavy (non-hydrogen) atoms. The zero-order chi connectivity index (χ0) is 14.8. The first-order valence-corrected chi connectivity index (χ1v) is 9.70. The van der Waals surface area contributed by atoms with E-state index in [1.54, 1.807) is 0 Å². The highest BCUT2D eigenvalue weighted by atomic mass is 79.9. The SMILES string of the molecule is CCCNC(c1sccc1C)c1csc2c(Br)cccc12. The minimum absolute atomic E-state index is 0.299. The average Bonchev–Trinajstić information content (AvgIpc) is 3.08. The molecule has 1 N–H and O–H groups in total. The van der Waals surface area contributed by atoms with E-state index in [0.29, 0.717) is 6.04 Å². The summed E-state index contributed by atoms with van der Waals surface area (Å²) in [6.45, 7) is 5.46. The minimum Gasteiger partial charge on any atom is -0.306 e. The topological polar surface area (TPSA) is 12.0 Å². The molecule has 0 radical (unpaired) electrons. The molecule has 1 aromatic carbocycles. The molecule has 0 bridgehead atoms. The normalized spacial score (nSPS) is 12.9. The van der Waals surface area contributed by atoms with Crippen molar-refractivity contribution in [3.05, 3.63) is 55.5 Å². The minimum atomic E-state index is 0.299. The third-order valence-corrected chi connectivity index (χ3v) is 6.71. The first-order valence-electron chi connectivity index (χ1n) is 7.15. The van der Waals surface area contributed by atoms with Crippen molar-refractivity contribution in [3.8, 4) is 0 Å². The van der Waals surface area contributed by atoms with E-state index in [1.165, 1.54) is 30.6 Å². The lowest BCUT2D eigenvalue weighted by Crippen LogP contribution is -2.22. The highest BCUT2D eigenvalue weighted by Gasteiger charge is 2.20. The van der Waals surface area contributed by atoms with Crippen molar-refractivity contribution < 1.29 is 0 Å². The van der Waals surface area contributed by atoms with Gasteiger partial charge in [-0.3, -0.25) is 0 Å². The van der Waals surface area contributed by atoms with E-state index in [1.807, 2.05) is 22.7 Å². The van der Waals surface area contributed by atoms with Gasteiger partial charge in [-0.25, -0.2) is 0 Å². The molecule has 110 valence electrons. The van der Waals surface area contributed by atoms with Gasteiger partial charge in [0.25, 0.3) is 0 Å². The monoisotopic (exact) mass is 379 g/mol. The predicted octanol–water partition coefficient (Wildman–Crippen LogP) is 6.12. The van der Waals surface area contributed by atoms with Gasteiger partial charge in [-0.05, 0) is 75.2 Å². The van der Waals surface area contributed by atoms with Gasteiger partial charge < -0.3 is 5.32 Å². The molecule has 0 fully saturated rings. The van der Waals surface area contributed by atoms with Crippen LogP contribution < -0.4 is 5.32 Å². The second kappa shape index (κ2) is 6.61. The molecule has 0 spiro atoms. The molecule has 0 amide bonds. The maximum absolute atomic E-state index is 3.73. The lowest BCUT2D eigenvalue weighted by molar-refractivity contribution is 0.608. The average molecular weight is 380 g/mol. The van der Waals surface area contributed by atoms with E-state index in [4.69, 9.17) is 0 Å². The van der Waals surface area contributed by atoms with Gasteiger partial charge in [-0.1, -0.05) is 19.1 Å². The van der Waals surface area contributed by atoms with E-state index >= 15 is 0 Å². The fourth-order valence-corrected chi connectivity index (χ4v) is 5.25. The highest BCUT2D eigenvalue weighted by molar-refractivity contribution is 9.10. The molecular weight excluding hydrogens is 362 g/mol. The molecule has 3 aromatic rings. The summed E-state index contributed by atoms with van der Waals surface area (Å²) < 4.78 is 2.53. The molecule has 4 heteroatoms. The Hall–Kier alpha value is -0.680. The Kier molecular flexibility index (Phi) is 4.79. The molecule has 0 aliphatic carbocycles. The van der Waals surface area contributed by atoms with Crippen molar-refractivity contribution in [1.29, 1.82) is 0 Å². The molecule has 0 aliphatic heterocycles. The van der Waals surface area contributed by atoms with Crippen LogP contribution in [-0.2, 0) is 0 Å². The number of halogens is 1. The summed E-state index contributed by atoms with van der Waals surface area (Å²) in [4.78, 5) is 1.43. The van der Waals surface area contributed by atoms with E-state index in [0.717, 1.165) is 13.0 Å². The van der Waals surface area contributed by atoms with E-state index < -0.39 is 0 Å². The van der Waals surface area contributed by atoms with Crippen LogP contribution in [0.5, 0.6) is 0 Å². The Bertz CT molecular complexity index is 744. The van der Waals surface area contributed by atoms with Gasteiger partial charge in [0, 0.05) is 14.0 Å². The first-order chi connectivity index (χ1) is 10.2. The standard InChI is InChI=1S/C17H18BrNS2/c1-3-8-19-15(16-11(2)7-9-20-16)13-10-21-17-12(13)5-4-6-14(17)18/h4-7,9-10,15,19H,3,8H2,1-2H3. The van der Waals surface area contributed by atoms with Crippen molar-refractivity contribution >= 4 is 48.7 Å². The Morgan fingerprint density at radius 2 is 2.10 bits per heavy atom. The number of thiophene rings is 2. The highest BCUT2D eigenvalue weighted by Crippen LogP contribution is 2.39. The number of benzene rings is 1. The summed E-state index contributed by atoms with van der Waals surface area (Å²) in [7, 11) is 0. The Labute approximate surface area is 142 Å². The molecule has 2 aromatic heterocycles. The fraction of sp³-hybridized carbons (Fsp3) is 0.294. The van der Waals surface area contributed by atoms with Crippen LogP contribution in [0.15, 0.2) is 39.5 Å². The summed E-state index contributed by atoms with van der Waals surface area (Å²) in [5.41, 5.74) is 2.78.